The molecule has 33 heavy (non-hydrogen) atoms. The second kappa shape index (κ2) is 8.82. The van der Waals surface area contributed by atoms with Gasteiger partial charge in [-0.25, -0.2) is 0 Å². The van der Waals surface area contributed by atoms with Crippen LogP contribution in [0.25, 0.3) is 5.57 Å². The number of imide groups is 1. The summed E-state index contributed by atoms with van der Waals surface area (Å²) < 4.78 is 10.8. The standard InChI is InChI=1S/C27H24N2O4/c1-2-18-7-9-19(10-8-18)16-29-26(30)22-6-4-3-5-21(22)23(27(29)31)15-28-14-20-11-12-24-25(13-20)33-17-32-24/h3-13,15,28H,2,14,16-17H2,1H3/b23-15+. The number of hydrogen-bond donors (Lipinski definition) is 1. The van der Waals surface area contributed by atoms with Crippen LogP contribution in [0, 0.1) is 0 Å². The van der Waals surface area contributed by atoms with Crippen molar-refractivity contribution >= 4 is 17.4 Å². The highest BCUT2D eigenvalue weighted by Crippen LogP contribution is 2.33. The van der Waals surface area contributed by atoms with Gasteiger partial charge in [0.2, 0.25) is 6.79 Å². The van der Waals surface area contributed by atoms with E-state index in [0.717, 1.165) is 23.3 Å². The number of aryl methyl sites for hydroxylation is 1. The summed E-state index contributed by atoms with van der Waals surface area (Å²) in [5, 5.41) is 3.23. The first-order valence-electron chi connectivity index (χ1n) is 11.0. The van der Waals surface area contributed by atoms with Crippen LogP contribution in [-0.4, -0.2) is 23.5 Å². The van der Waals surface area contributed by atoms with Gasteiger partial charge in [0.15, 0.2) is 11.5 Å². The molecule has 0 fully saturated rings. The Labute approximate surface area is 192 Å². The van der Waals surface area contributed by atoms with Crippen LogP contribution in [-0.2, 0) is 24.3 Å². The van der Waals surface area contributed by atoms with Gasteiger partial charge in [0, 0.05) is 23.9 Å². The lowest BCUT2D eigenvalue weighted by Crippen LogP contribution is -2.41. The Kier molecular flexibility index (Phi) is 5.57. The van der Waals surface area contributed by atoms with Crippen LogP contribution in [0.3, 0.4) is 0 Å². The van der Waals surface area contributed by atoms with Gasteiger partial charge >= 0.3 is 0 Å². The molecular formula is C27H24N2O4. The number of carbonyl (C=O) groups excluding carboxylic acids is 2. The maximum atomic E-state index is 13.4. The lowest BCUT2D eigenvalue weighted by Gasteiger charge is -2.28. The van der Waals surface area contributed by atoms with Gasteiger partial charge in [0.1, 0.15) is 0 Å². The summed E-state index contributed by atoms with van der Waals surface area (Å²) in [6, 6.07) is 21.0. The van der Waals surface area contributed by atoms with E-state index in [0.29, 0.717) is 29.0 Å². The molecule has 3 aromatic rings. The van der Waals surface area contributed by atoms with Crippen molar-refractivity contribution in [3.63, 3.8) is 0 Å². The van der Waals surface area contributed by atoms with Crippen LogP contribution in [0.1, 0.15) is 39.5 Å². The number of nitrogens with zero attached hydrogens (tertiary/aromatic N) is 1. The van der Waals surface area contributed by atoms with Crippen molar-refractivity contribution < 1.29 is 19.1 Å². The maximum Gasteiger partial charge on any atom is 0.263 e. The normalized spacial score (nSPS) is 15.7. The average molecular weight is 440 g/mol. The van der Waals surface area contributed by atoms with Crippen molar-refractivity contribution in [2.75, 3.05) is 6.79 Å². The second-order valence-corrected chi connectivity index (χ2v) is 8.04. The number of fused-ring (bicyclic) bond motifs is 2. The molecule has 0 unspecified atom stereocenters. The largest absolute Gasteiger partial charge is 0.454 e. The van der Waals surface area contributed by atoms with Gasteiger partial charge in [0.25, 0.3) is 11.8 Å². The maximum absolute atomic E-state index is 13.4. The summed E-state index contributed by atoms with van der Waals surface area (Å²) in [5.41, 5.74) is 4.77. The lowest BCUT2D eigenvalue weighted by molar-refractivity contribution is -0.123. The molecule has 2 heterocycles. The third-order valence-electron chi connectivity index (χ3n) is 5.93. The van der Waals surface area contributed by atoms with Gasteiger partial charge in [-0.2, -0.15) is 0 Å². The summed E-state index contributed by atoms with van der Waals surface area (Å²) in [7, 11) is 0. The van der Waals surface area contributed by atoms with Crippen LogP contribution in [0.15, 0.2) is 72.9 Å². The summed E-state index contributed by atoms with van der Waals surface area (Å²) in [6.07, 6.45) is 2.64. The molecular weight excluding hydrogens is 416 g/mol. The molecule has 3 aromatic carbocycles. The van der Waals surface area contributed by atoms with Crippen LogP contribution >= 0.6 is 0 Å². The molecule has 0 atom stereocenters. The third-order valence-corrected chi connectivity index (χ3v) is 5.93. The zero-order chi connectivity index (χ0) is 22.8. The fraction of sp³-hybridized carbons (Fsp3) is 0.185. The molecule has 2 aliphatic rings. The van der Waals surface area contributed by atoms with E-state index in [-0.39, 0.29) is 25.2 Å². The molecule has 2 amide bonds. The van der Waals surface area contributed by atoms with Crippen LogP contribution in [0.4, 0.5) is 0 Å². The monoisotopic (exact) mass is 440 g/mol. The second-order valence-electron chi connectivity index (χ2n) is 8.04. The fourth-order valence-electron chi connectivity index (χ4n) is 4.07. The zero-order valence-corrected chi connectivity index (χ0v) is 18.3. The Bertz CT molecular complexity index is 1250. The molecule has 0 aliphatic carbocycles. The molecule has 5 rings (SSSR count). The Hall–Kier alpha value is -4.06. The highest BCUT2D eigenvalue weighted by molar-refractivity contribution is 6.30. The van der Waals surface area contributed by atoms with Gasteiger partial charge in [-0.1, -0.05) is 55.5 Å². The first-order chi connectivity index (χ1) is 16.1. The fourth-order valence-corrected chi connectivity index (χ4v) is 4.07. The van der Waals surface area contributed by atoms with Crippen molar-refractivity contribution in [3.05, 3.63) is 101 Å². The van der Waals surface area contributed by atoms with Crippen molar-refractivity contribution in [3.8, 4) is 11.5 Å². The Balaban J connectivity index is 1.39. The SMILES string of the molecule is CCc1ccc(CN2C(=O)/C(=C/NCc3ccc4c(c3)OCO4)c3ccccc3C2=O)cc1. The molecule has 1 N–H and O–H groups in total. The molecule has 6 heteroatoms. The molecule has 0 saturated carbocycles. The van der Waals surface area contributed by atoms with Gasteiger partial charge in [0.05, 0.1) is 12.1 Å². The number of rotatable bonds is 6. The highest BCUT2D eigenvalue weighted by Gasteiger charge is 2.34. The number of amides is 2. The van der Waals surface area contributed by atoms with E-state index < -0.39 is 0 Å². The molecule has 0 spiro atoms. The molecule has 0 aromatic heterocycles. The lowest BCUT2D eigenvalue weighted by atomic mass is 9.93. The van der Waals surface area contributed by atoms with E-state index in [4.69, 9.17) is 9.47 Å². The summed E-state index contributed by atoms with van der Waals surface area (Å²) in [5.74, 6) is 0.862. The van der Waals surface area contributed by atoms with Crippen molar-refractivity contribution in [1.29, 1.82) is 0 Å². The number of ether oxygens (including phenoxy) is 2. The minimum atomic E-state index is -0.309. The van der Waals surface area contributed by atoms with Gasteiger partial charge in [-0.3, -0.25) is 14.5 Å². The van der Waals surface area contributed by atoms with Gasteiger partial charge < -0.3 is 14.8 Å². The van der Waals surface area contributed by atoms with Gasteiger partial charge in [-0.15, -0.1) is 0 Å². The average Bonchev–Trinajstić information content (AvgIpc) is 3.32. The van der Waals surface area contributed by atoms with Gasteiger partial charge in [-0.05, 0) is 41.3 Å². The first-order valence-corrected chi connectivity index (χ1v) is 11.0. The quantitative estimate of drug-likeness (QED) is 0.458. The van der Waals surface area contributed by atoms with E-state index in [1.807, 2.05) is 60.7 Å². The molecule has 2 aliphatic heterocycles. The molecule has 0 saturated heterocycles. The smallest absolute Gasteiger partial charge is 0.263 e. The van der Waals surface area contributed by atoms with Crippen molar-refractivity contribution in [2.45, 2.75) is 26.4 Å². The van der Waals surface area contributed by atoms with E-state index in [2.05, 4.69) is 12.2 Å². The van der Waals surface area contributed by atoms with E-state index in [1.54, 1.807) is 12.3 Å². The first kappa shape index (κ1) is 20.8. The number of hydrogen-bond acceptors (Lipinski definition) is 5. The van der Waals surface area contributed by atoms with Crippen LogP contribution < -0.4 is 14.8 Å². The summed E-state index contributed by atoms with van der Waals surface area (Å²) in [4.78, 5) is 27.8. The van der Waals surface area contributed by atoms with Crippen molar-refractivity contribution in [1.82, 2.24) is 10.2 Å². The zero-order valence-electron chi connectivity index (χ0n) is 18.3. The minimum Gasteiger partial charge on any atom is -0.454 e. The number of carbonyl (C=O) groups is 2. The predicted octanol–water partition coefficient (Wildman–Crippen LogP) is 4.29. The van der Waals surface area contributed by atoms with Crippen molar-refractivity contribution in [2.24, 2.45) is 0 Å². The Morgan fingerprint density at radius 1 is 0.848 bits per heavy atom. The van der Waals surface area contributed by atoms with Crippen LogP contribution in [0.5, 0.6) is 11.5 Å². The minimum absolute atomic E-state index is 0.229. The molecule has 166 valence electrons. The summed E-state index contributed by atoms with van der Waals surface area (Å²) in [6.45, 7) is 3.06. The number of benzene rings is 3. The van der Waals surface area contributed by atoms with E-state index in [1.165, 1.54) is 10.5 Å². The predicted molar refractivity (Wildman–Crippen MR) is 125 cm³/mol. The Morgan fingerprint density at radius 2 is 1.55 bits per heavy atom. The van der Waals surface area contributed by atoms with E-state index >= 15 is 0 Å². The molecule has 6 nitrogen and oxygen atoms in total. The highest BCUT2D eigenvalue weighted by atomic mass is 16.7. The molecule has 0 bridgehead atoms. The number of nitrogens with one attached hydrogen (secondary N) is 1. The van der Waals surface area contributed by atoms with E-state index in [9.17, 15) is 9.59 Å². The molecule has 0 radical (unpaired) electrons. The Morgan fingerprint density at radius 3 is 2.33 bits per heavy atom. The third kappa shape index (κ3) is 4.07. The topological polar surface area (TPSA) is 67.9 Å². The van der Waals surface area contributed by atoms with Crippen LogP contribution in [0.2, 0.25) is 0 Å². The summed E-state index contributed by atoms with van der Waals surface area (Å²) >= 11 is 0.